The van der Waals surface area contributed by atoms with Crippen LogP contribution < -0.4 is 4.90 Å². The zero-order chi connectivity index (χ0) is 20.0. The van der Waals surface area contributed by atoms with Gasteiger partial charge in [-0.3, -0.25) is 14.9 Å². The summed E-state index contributed by atoms with van der Waals surface area (Å²) >= 11 is 0. The molecule has 1 amide bonds. The standard InChI is InChI=1S/C20H27N3O5/c1-3-21(4-2)20(25)14-9-17-18(24)15-10-22(11-16(15)19(14)28-17)12-5-7-13(8-6-12)23(26)27/h5-8,14-19,24H,3-4,9-11H2,1-2H3/t14?,15-,16+,17+,18+,19-/m1/s1. The van der Waals surface area contributed by atoms with Crippen LogP contribution in [0.3, 0.4) is 0 Å². The number of hydrogen-bond acceptors (Lipinski definition) is 6. The Morgan fingerprint density at radius 3 is 2.50 bits per heavy atom. The van der Waals surface area contributed by atoms with Crippen molar-refractivity contribution in [1.29, 1.82) is 0 Å². The van der Waals surface area contributed by atoms with Crippen molar-refractivity contribution in [2.75, 3.05) is 31.1 Å². The number of nitro groups is 1. The van der Waals surface area contributed by atoms with Crippen molar-refractivity contribution in [3.05, 3.63) is 34.4 Å². The van der Waals surface area contributed by atoms with Gasteiger partial charge in [0.25, 0.3) is 5.69 Å². The summed E-state index contributed by atoms with van der Waals surface area (Å²) in [5, 5.41) is 21.7. The van der Waals surface area contributed by atoms with E-state index in [1.165, 1.54) is 12.1 Å². The monoisotopic (exact) mass is 389 g/mol. The first kappa shape index (κ1) is 19.1. The van der Waals surface area contributed by atoms with Gasteiger partial charge in [0.2, 0.25) is 5.91 Å². The largest absolute Gasteiger partial charge is 0.390 e. The normalized spacial score (nSPS) is 33.6. The van der Waals surface area contributed by atoms with Crippen LogP contribution in [0.2, 0.25) is 0 Å². The Morgan fingerprint density at radius 1 is 1.25 bits per heavy atom. The molecule has 3 aliphatic rings. The van der Waals surface area contributed by atoms with Crippen LogP contribution in [0, 0.1) is 27.9 Å². The van der Waals surface area contributed by atoms with Crippen LogP contribution in [0.25, 0.3) is 0 Å². The number of carbonyl (C=O) groups excluding carboxylic acids is 1. The van der Waals surface area contributed by atoms with Crippen LogP contribution in [0.15, 0.2) is 24.3 Å². The van der Waals surface area contributed by atoms with Gasteiger partial charge < -0.3 is 19.6 Å². The van der Waals surface area contributed by atoms with Crippen LogP contribution in [0.1, 0.15) is 20.3 Å². The summed E-state index contributed by atoms with van der Waals surface area (Å²) in [5.74, 6) is 0.0485. The summed E-state index contributed by atoms with van der Waals surface area (Å²) in [7, 11) is 0. The maximum absolute atomic E-state index is 13.0. The molecule has 0 aromatic heterocycles. The topological polar surface area (TPSA) is 96.2 Å². The molecule has 8 heteroatoms. The number of non-ortho nitro benzene ring substituents is 1. The molecule has 0 radical (unpaired) electrons. The molecule has 3 heterocycles. The smallest absolute Gasteiger partial charge is 0.269 e. The zero-order valence-corrected chi connectivity index (χ0v) is 16.2. The number of benzene rings is 1. The van der Waals surface area contributed by atoms with Gasteiger partial charge in [0.05, 0.1) is 29.2 Å². The number of aliphatic hydroxyl groups is 1. The first-order chi connectivity index (χ1) is 13.4. The highest BCUT2D eigenvalue weighted by Gasteiger charge is 2.58. The Hall–Kier alpha value is -2.19. The second-order valence-electron chi connectivity index (χ2n) is 7.99. The maximum Gasteiger partial charge on any atom is 0.269 e. The van der Waals surface area contributed by atoms with Crippen molar-refractivity contribution < 1.29 is 19.6 Å². The van der Waals surface area contributed by atoms with Crippen molar-refractivity contribution in [1.82, 2.24) is 4.90 Å². The van der Waals surface area contributed by atoms with Crippen molar-refractivity contribution in [3.63, 3.8) is 0 Å². The van der Waals surface area contributed by atoms with Crippen molar-refractivity contribution in [2.24, 2.45) is 17.8 Å². The summed E-state index contributed by atoms with van der Waals surface area (Å²) in [6, 6.07) is 6.51. The van der Waals surface area contributed by atoms with E-state index >= 15 is 0 Å². The lowest BCUT2D eigenvalue weighted by molar-refractivity contribution is -0.384. The molecule has 1 unspecified atom stereocenters. The van der Waals surface area contributed by atoms with Crippen LogP contribution >= 0.6 is 0 Å². The van der Waals surface area contributed by atoms with Crippen molar-refractivity contribution in [2.45, 2.75) is 38.6 Å². The number of fused-ring (bicyclic) bond motifs is 4. The minimum Gasteiger partial charge on any atom is -0.390 e. The van der Waals surface area contributed by atoms with Gasteiger partial charge in [0.15, 0.2) is 0 Å². The summed E-state index contributed by atoms with van der Waals surface area (Å²) in [6.07, 6.45) is -0.452. The minimum absolute atomic E-state index is 0.0495. The number of aliphatic hydroxyl groups excluding tert-OH is 1. The number of rotatable bonds is 5. The lowest BCUT2D eigenvalue weighted by atomic mass is 9.83. The van der Waals surface area contributed by atoms with Gasteiger partial charge in [0, 0.05) is 55.8 Å². The van der Waals surface area contributed by atoms with E-state index in [2.05, 4.69) is 4.90 Å². The van der Waals surface area contributed by atoms with E-state index in [-0.39, 0.29) is 41.6 Å². The quantitative estimate of drug-likeness (QED) is 0.608. The molecule has 1 N–H and O–H groups in total. The van der Waals surface area contributed by atoms with Crippen LogP contribution in [-0.4, -0.2) is 65.3 Å². The van der Waals surface area contributed by atoms with Gasteiger partial charge >= 0.3 is 0 Å². The van der Waals surface area contributed by atoms with E-state index in [9.17, 15) is 20.0 Å². The van der Waals surface area contributed by atoms with Crippen LogP contribution in [0.5, 0.6) is 0 Å². The van der Waals surface area contributed by atoms with Crippen molar-refractivity contribution in [3.8, 4) is 0 Å². The van der Waals surface area contributed by atoms with E-state index in [0.29, 0.717) is 32.6 Å². The fourth-order valence-corrected chi connectivity index (χ4v) is 5.20. The molecule has 3 saturated heterocycles. The van der Waals surface area contributed by atoms with Crippen molar-refractivity contribution >= 4 is 17.3 Å². The fourth-order valence-electron chi connectivity index (χ4n) is 5.20. The molecular weight excluding hydrogens is 362 g/mol. The summed E-state index contributed by atoms with van der Waals surface area (Å²) in [5.41, 5.74) is 0.961. The third-order valence-corrected chi connectivity index (χ3v) is 6.69. The van der Waals surface area contributed by atoms with Gasteiger partial charge in [0.1, 0.15) is 0 Å². The SMILES string of the molecule is CCN(CC)C(=O)C1C[C@@H]2O[C@H]1[C@H]1CN(c3ccc([N+](=O)[O-])cc3)C[C@H]1[C@@H]2O. The Balaban J connectivity index is 1.54. The maximum atomic E-state index is 13.0. The average Bonchev–Trinajstić information content (AvgIpc) is 3.31. The summed E-state index contributed by atoms with van der Waals surface area (Å²) < 4.78 is 6.12. The predicted octanol–water partition coefficient (Wildman–Crippen LogP) is 1.66. The molecule has 3 fully saturated rings. The average molecular weight is 389 g/mol. The molecule has 1 aromatic rings. The predicted molar refractivity (Wildman–Crippen MR) is 103 cm³/mol. The summed E-state index contributed by atoms with van der Waals surface area (Å²) in [4.78, 5) is 27.4. The lowest BCUT2D eigenvalue weighted by Crippen LogP contribution is -2.48. The van der Waals surface area contributed by atoms with Crippen LogP contribution in [-0.2, 0) is 9.53 Å². The third kappa shape index (κ3) is 3.04. The number of hydrogen-bond donors (Lipinski definition) is 1. The third-order valence-electron chi connectivity index (χ3n) is 6.69. The Kier molecular flexibility index (Phi) is 5.01. The molecule has 2 bridgehead atoms. The molecule has 1 aromatic carbocycles. The lowest BCUT2D eigenvalue weighted by Gasteiger charge is -2.36. The first-order valence-electron chi connectivity index (χ1n) is 10.1. The number of carbonyl (C=O) groups is 1. The van der Waals surface area contributed by atoms with Gasteiger partial charge in [-0.1, -0.05) is 0 Å². The van der Waals surface area contributed by atoms with Gasteiger partial charge in [-0.2, -0.15) is 0 Å². The van der Waals surface area contributed by atoms with Gasteiger partial charge in [-0.15, -0.1) is 0 Å². The molecule has 3 aliphatic heterocycles. The fraction of sp³-hybridized carbons (Fsp3) is 0.650. The second-order valence-corrected chi connectivity index (χ2v) is 7.99. The molecule has 0 saturated carbocycles. The Bertz CT molecular complexity index is 751. The molecule has 0 spiro atoms. The molecular formula is C20H27N3O5. The van der Waals surface area contributed by atoms with Crippen LogP contribution in [0.4, 0.5) is 11.4 Å². The zero-order valence-electron chi connectivity index (χ0n) is 16.2. The van der Waals surface area contributed by atoms with E-state index < -0.39 is 11.0 Å². The molecule has 28 heavy (non-hydrogen) atoms. The Morgan fingerprint density at radius 2 is 1.89 bits per heavy atom. The van der Waals surface area contributed by atoms with Gasteiger partial charge in [-0.25, -0.2) is 0 Å². The number of nitro benzene ring substituents is 1. The Labute approximate surface area is 164 Å². The summed E-state index contributed by atoms with van der Waals surface area (Å²) in [6.45, 7) is 6.66. The van der Waals surface area contributed by atoms with E-state index in [1.54, 1.807) is 12.1 Å². The van der Waals surface area contributed by atoms with E-state index in [1.807, 2.05) is 18.7 Å². The molecule has 152 valence electrons. The van der Waals surface area contributed by atoms with Gasteiger partial charge in [-0.05, 0) is 32.4 Å². The second kappa shape index (κ2) is 7.33. The number of nitrogens with zero attached hydrogens (tertiary/aromatic N) is 3. The molecule has 8 nitrogen and oxygen atoms in total. The highest BCUT2D eigenvalue weighted by molar-refractivity contribution is 5.80. The molecule has 6 atom stereocenters. The van der Waals surface area contributed by atoms with E-state index in [0.717, 1.165) is 5.69 Å². The number of ether oxygens (including phenoxy) is 1. The number of anilines is 1. The molecule has 0 aliphatic carbocycles. The minimum atomic E-state index is -0.584. The first-order valence-corrected chi connectivity index (χ1v) is 10.1. The highest BCUT2D eigenvalue weighted by Crippen LogP contribution is 2.48. The highest BCUT2D eigenvalue weighted by atomic mass is 16.6. The molecule has 4 rings (SSSR count). The number of amides is 1. The van der Waals surface area contributed by atoms with E-state index in [4.69, 9.17) is 4.74 Å².